The minimum atomic E-state index is -0.482. The van der Waals surface area contributed by atoms with Crippen molar-refractivity contribution in [2.75, 3.05) is 27.3 Å². The molecule has 4 bridgehead atoms. The summed E-state index contributed by atoms with van der Waals surface area (Å²) < 4.78 is 9.52. The Balaban J connectivity index is 0.000000168. The lowest BCUT2D eigenvalue weighted by molar-refractivity contribution is -0.147. The van der Waals surface area contributed by atoms with Crippen molar-refractivity contribution in [3.05, 3.63) is 71.8 Å². The molecule has 6 rings (SSSR count). The van der Waals surface area contributed by atoms with Gasteiger partial charge in [0.15, 0.2) is 0 Å². The highest BCUT2D eigenvalue weighted by Gasteiger charge is 2.49. The zero-order chi connectivity index (χ0) is 29.6. The van der Waals surface area contributed by atoms with Gasteiger partial charge in [-0.1, -0.05) is 60.7 Å². The molecule has 0 aromatic heterocycles. The van der Waals surface area contributed by atoms with Crippen molar-refractivity contribution < 1.29 is 38.3 Å². The Kier molecular flexibility index (Phi) is 9.23. The van der Waals surface area contributed by atoms with Crippen LogP contribution in [0.25, 0.3) is 0 Å². The van der Waals surface area contributed by atoms with Gasteiger partial charge < -0.3 is 19.3 Å². The van der Waals surface area contributed by atoms with Gasteiger partial charge in [0.1, 0.15) is 25.3 Å². The molecule has 4 aliphatic rings. The summed E-state index contributed by atoms with van der Waals surface area (Å²) >= 11 is 0. The average molecular weight is 581 g/mol. The van der Waals surface area contributed by atoms with Gasteiger partial charge in [0.05, 0.1) is 26.3 Å². The van der Waals surface area contributed by atoms with Crippen LogP contribution in [-0.2, 0) is 42.0 Å². The number of carbonyl (C=O) groups excluding carboxylic acids is 4. The Morgan fingerprint density at radius 1 is 0.643 bits per heavy atom. The normalized spacial score (nSPS) is 24.3. The number of fused-ring (bicyclic) bond motifs is 4. The highest BCUT2D eigenvalue weighted by molar-refractivity contribution is 5.86. The van der Waals surface area contributed by atoms with Crippen LogP contribution in [-0.4, -0.2) is 95.4 Å². The minimum Gasteiger partial charge on any atom is -0.467 e. The molecule has 0 radical (unpaired) electrons. The number of benzene rings is 2. The number of rotatable bonds is 8. The molecule has 0 aliphatic carbocycles. The second kappa shape index (κ2) is 13.2. The molecule has 0 spiro atoms. The van der Waals surface area contributed by atoms with Gasteiger partial charge in [0, 0.05) is 13.1 Å². The Bertz CT molecular complexity index is 1160. The van der Waals surface area contributed by atoms with Crippen LogP contribution in [0.15, 0.2) is 60.7 Å². The van der Waals surface area contributed by atoms with Gasteiger partial charge in [-0.25, -0.2) is 19.2 Å². The van der Waals surface area contributed by atoms with E-state index in [1.807, 2.05) is 60.7 Å². The molecule has 2 aromatic carbocycles. The van der Waals surface area contributed by atoms with Gasteiger partial charge in [0.25, 0.3) is 0 Å². The summed E-state index contributed by atoms with van der Waals surface area (Å²) in [7, 11) is 2.69. The summed E-state index contributed by atoms with van der Waals surface area (Å²) in [6.45, 7) is 1.74. The van der Waals surface area contributed by atoms with E-state index >= 15 is 0 Å². The van der Waals surface area contributed by atoms with E-state index in [-0.39, 0.29) is 36.1 Å². The predicted molar refractivity (Wildman–Crippen MR) is 148 cm³/mol. The van der Waals surface area contributed by atoms with Gasteiger partial charge in [-0.2, -0.15) is 10.1 Å². The number of ether oxygens (including phenoxy) is 2. The van der Waals surface area contributed by atoms with Crippen LogP contribution in [0.3, 0.4) is 0 Å². The van der Waals surface area contributed by atoms with Crippen molar-refractivity contribution in [2.45, 2.75) is 63.1 Å². The zero-order valence-corrected chi connectivity index (χ0v) is 23.8. The Morgan fingerprint density at radius 3 is 1.38 bits per heavy atom. The van der Waals surface area contributed by atoms with Crippen LogP contribution in [0.1, 0.15) is 36.8 Å². The molecule has 4 heterocycles. The third-order valence-corrected chi connectivity index (χ3v) is 8.02. The van der Waals surface area contributed by atoms with Crippen LogP contribution in [0.5, 0.6) is 0 Å². The third kappa shape index (κ3) is 6.19. The van der Waals surface area contributed by atoms with Crippen molar-refractivity contribution in [1.29, 1.82) is 0 Å². The molecule has 12 heteroatoms. The lowest BCUT2D eigenvalue weighted by Crippen LogP contribution is -2.45. The summed E-state index contributed by atoms with van der Waals surface area (Å²) in [5.41, 5.74) is 2.01. The molecule has 4 aliphatic heterocycles. The molecule has 12 nitrogen and oxygen atoms in total. The number of urea groups is 2. The van der Waals surface area contributed by atoms with E-state index in [0.717, 1.165) is 24.0 Å². The Labute approximate surface area is 244 Å². The topological polar surface area (TPSA) is 118 Å². The third-order valence-electron chi connectivity index (χ3n) is 8.02. The maximum absolute atomic E-state index is 12.4. The lowest BCUT2D eigenvalue weighted by atomic mass is 10.0. The van der Waals surface area contributed by atoms with Crippen LogP contribution < -0.4 is 0 Å². The fourth-order valence-corrected chi connectivity index (χ4v) is 5.79. The molecular formula is C30H36N4O8. The van der Waals surface area contributed by atoms with Gasteiger partial charge in [-0.05, 0) is 36.8 Å². The molecule has 4 saturated heterocycles. The van der Waals surface area contributed by atoms with Gasteiger partial charge in [-0.15, -0.1) is 0 Å². The number of hydrogen-bond acceptors (Lipinski definition) is 8. The number of hydroxylamine groups is 4. The average Bonchev–Trinajstić information content (AvgIpc) is 3.42. The van der Waals surface area contributed by atoms with E-state index in [2.05, 4.69) is 0 Å². The minimum absolute atomic E-state index is 0.0159. The van der Waals surface area contributed by atoms with Crippen molar-refractivity contribution in [3.63, 3.8) is 0 Å². The number of amides is 4. The molecule has 0 saturated carbocycles. The number of nitrogens with zero attached hydrogens (tertiary/aromatic N) is 4. The van der Waals surface area contributed by atoms with Gasteiger partial charge in [-0.3, -0.25) is 9.68 Å². The number of methoxy groups -OCH3 is 2. The number of carbonyl (C=O) groups is 4. The quantitative estimate of drug-likeness (QED) is 0.437. The predicted octanol–water partition coefficient (Wildman–Crippen LogP) is 3.12. The molecule has 4 atom stereocenters. The summed E-state index contributed by atoms with van der Waals surface area (Å²) in [6, 6.07) is 18.0. The van der Waals surface area contributed by atoms with E-state index in [1.165, 1.54) is 24.3 Å². The summed E-state index contributed by atoms with van der Waals surface area (Å²) in [5, 5.41) is 2.83. The first-order chi connectivity index (χ1) is 20.4. The van der Waals surface area contributed by atoms with Crippen LogP contribution >= 0.6 is 0 Å². The highest BCUT2D eigenvalue weighted by atomic mass is 16.7. The second-order valence-electron chi connectivity index (χ2n) is 10.6. The largest absolute Gasteiger partial charge is 0.467 e. The molecule has 0 unspecified atom stereocenters. The molecule has 0 N–H and O–H groups in total. The van der Waals surface area contributed by atoms with E-state index in [1.54, 1.807) is 9.80 Å². The maximum Gasteiger partial charge on any atom is 0.345 e. The number of piperidine rings is 2. The molecule has 2 aromatic rings. The standard InChI is InChI=1S/2C15H18N2O4/c2*1-20-14(18)13-8-7-12-9-16(13)15(19)17(12)21-10-11-5-3-2-4-6-11/h2*2-6,12-13H,7-10H2,1H3/t2*12-,13+/m11/s1. The van der Waals surface area contributed by atoms with Crippen LogP contribution in [0, 0.1) is 0 Å². The molecule has 224 valence electrons. The smallest absolute Gasteiger partial charge is 0.345 e. The first kappa shape index (κ1) is 29.3. The SMILES string of the molecule is COC(=O)[C@@H]1CC[C@@H]2CN1C(=O)N2OCc1ccccc1.COC(=O)[C@@H]1CC[C@@H]2CN1C(=O)N2OCc1ccccc1. The number of hydrogen-bond donors (Lipinski definition) is 0. The van der Waals surface area contributed by atoms with E-state index < -0.39 is 12.1 Å². The van der Waals surface area contributed by atoms with Crippen molar-refractivity contribution in [3.8, 4) is 0 Å². The Morgan fingerprint density at radius 2 is 1.02 bits per heavy atom. The van der Waals surface area contributed by atoms with Crippen LogP contribution in [0.2, 0.25) is 0 Å². The summed E-state index contributed by atoms with van der Waals surface area (Å²) in [4.78, 5) is 62.6. The van der Waals surface area contributed by atoms with Crippen molar-refractivity contribution in [1.82, 2.24) is 19.9 Å². The maximum atomic E-state index is 12.4. The molecule has 4 fully saturated rings. The number of esters is 2. The van der Waals surface area contributed by atoms with Crippen molar-refractivity contribution in [2.24, 2.45) is 0 Å². The molecule has 42 heavy (non-hydrogen) atoms. The van der Waals surface area contributed by atoms with Crippen LogP contribution in [0.4, 0.5) is 9.59 Å². The summed E-state index contributed by atoms with van der Waals surface area (Å²) in [6.07, 6.45) is 2.73. The van der Waals surface area contributed by atoms with Gasteiger partial charge >= 0.3 is 24.0 Å². The van der Waals surface area contributed by atoms with E-state index in [4.69, 9.17) is 19.1 Å². The first-order valence-corrected chi connectivity index (χ1v) is 14.1. The molecular weight excluding hydrogens is 544 g/mol. The first-order valence-electron chi connectivity index (χ1n) is 14.1. The van der Waals surface area contributed by atoms with E-state index in [0.29, 0.717) is 39.1 Å². The molecule has 4 amide bonds. The van der Waals surface area contributed by atoms with E-state index in [9.17, 15) is 19.2 Å². The zero-order valence-electron chi connectivity index (χ0n) is 23.8. The second-order valence-corrected chi connectivity index (χ2v) is 10.6. The highest BCUT2D eigenvalue weighted by Crippen LogP contribution is 2.32. The monoisotopic (exact) mass is 580 g/mol. The fourth-order valence-electron chi connectivity index (χ4n) is 5.79. The fraction of sp³-hybridized carbons (Fsp3) is 0.467. The lowest BCUT2D eigenvalue weighted by Gasteiger charge is -2.27. The van der Waals surface area contributed by atoms with Gasteiger partial charge in [0.2, 0.25) is 0 Å². The Hall–Kier alpha value is -4.16. The van der Waals surface area contributed by atoms with Crippen molar-refractivity contribution >= 4 is 24.0 Å². The summed E-state index contributed by atoms with van der Waals surface area (Å²) in [5.74, 6) is -0.710.